The predicted octanol–water partition coefficient (Wildman–Crippen LogP) is 1.08. The standard InChI is InChI=1S/C11H14F2N2O/c12-9-2-1-8(11(16)10(9)13)7-15-5-3-14-4-6-15/h1-2,14,16H,3-7H2. The van der Waals surface area contributed by atoms with Crippen molar-refractivity contribution in [3.8, 4) is 5.75 Å². The maximum atomic E-state index is 13.1. The largest absolute Gasteiger partial charge is 0.505 e. The van der Waals surface area contributed by atoms with Gasteiger partial charge in [-0.15, -0.1) is 0 Å². The number of phenolic OH excluding ortho intramolecular Hbond substituents is 1. The van der Waals surface area contributed by atoms with Crippen molar-refractivity contribution in [3.05, 3.63) is 29.3 Å². The summed E-state index contributed by atoms with van der Waals surface area (Å²) in [5.74, 6) is -2.74. The van der Waals surface area contributed by atoms with Crippen molar-refractivity contribution >= 4 is 0 Å². The fourth-order valence-electron chi connectivity index (χ4n) is 1.82. The molecule has 0 atom stereocenters. The average Bonchev–Trinajstić information content (AvgIpc) is 2.31. The molecule has 1 aliphatic heterocycles. The molecule has 1 saturated heterocycles. The SMILES string of the molecule is Oc1c(CN2CCNCC2)ccc(F)c1F. The average molecular weight is 228 g/mol. The van der Waals surface area contributed by atoms with Crippen LogP contribution in [0, 0.1) is 11.6 Å². The quantitative estimate of drug-likeness (QED) is 0.795. The van der Waals surface area contributed by atoms with Gasteiger partial charge in [-0.2, -0.15) is 4.39 Å². The van der Waals surface area contributed by atoms with Gasteiger partial charge in [0.25, 0.3) is 0 Å². The second-order valence-corrected chi connectivity index (χ2v) is 3.90. The molecule has 16 heavy (non-hydrogen) atoms. The van der Waals surface area contributed by atoms with Gasteiger partial charge in [0.15, 0.2) is 11.6 Å². The van der Waals surface area contributed by atoms with Gasteiger partial charge in [0.1, 0.15) is 0 Å². The minimum atomic E-state index is -1.16. The molecule has 0 aromatic heterocycles. The highest BCUT2D eigenvalue weighted by Crippen LogP contribution is 2.24. The molecule has 88 valence electrons. The molecule has 1 heterocycles. The summed E-state index contributed by atoms with van der Waals surface area (Å²) in [6.45, 7) is 3.90. The first-order valence-electron chi connectivity index (χ1n) is 5.27. The first-order chi connectivity index (χ1) is 7.68. The summed E-state index contributed by atoms with van der Waals surface area (Å²) in [4.78, 5) is 2.09. The summed E-state index contributed by atoms with van der Waals surface area (Å²) in [6, 6.07) is 2.47. The summed E-state index contributed by atoms with van der Waals surface area (Å²) >= 11 is 0. The molecular weight excluding hydrogens is 214 g/mol. The second kappa shape index (κ2) is 4.76. The number of aromatic hydroxyl groups is 1. The number of nitrogens with zero attached hydrogens (tertiary/aromatic N) is 1. The molecule has 1 aromatic rings. The molecule has 2 N–H and O–H groups in total. The van der Waals surface area contributed by atoms with E-state index in [1.54, 1.807) is 0 Å². The molecule has 2 rings (SSSR count). The lowest BCUT2D eigenvalue weighted by atomic mass is 10.1. The number of hydrogen-bond acceptors (Lipinski definition) is 3. The van der Waals surface area contributed by atoms with E-state index in [4.69, 9.17) is 0 Å². The van der Waals surface area contributed by atoms with Crippen LogP contribution in [0.5, 0.6) is 5.75 Å². The highest BCUT2D eigenvalue weighted by molar-refractivity contribution is 5.34. The van der Waals surface area contributed by atoms with Crippen LogP contribution in [0.25, 0.3) is 0 Å². The third-order valence-electron chi connectivity index (χ3n) is 2.76. The van der Waals surface area contributed by atoms with Crippen molar-refractivity contribution in [2.75, 3.05) is 26.2 Å². The molecule has 0 radical (unpaired) electrons. The van der Waals surface area contributed by atoms with Gasteiger partial charge in [-0.3, -0.25) is 4.90 Å². The van der Waals surface area contributed by atoms with Crippen molar-refractivity contribution in [1.82, 2.24) is 10.2 Å². The zero-order valence-corrected chi connectivity index (χ0v) is 8.84. The van der Waals surface area contributed by atoms with Crippen molar-refractivity contribution in [1.29, 1.82) is 0 Å². The van der Waals surface area contributed by atoms with E-state index < -0.39 is 17.4 Å². The van der Waals surface area contributed by atoms with Crippen LogP contribution in [-0.4, -0.2) is 36.2 Å². The van der Waals surface area contributed by atoms with Gasteiger partial charge >= 0.3 is 0 Å². The van der Waals surface area contributed by atoms with E-state index in [9.17, 15) is 13.9 Å². The van der Waals surface area contributed by atoms with Crippen LogP contribution >= 0.6 is 0 Å². The Morgan fingerprint density at radius 1 is 1.25 bits per heavy atom. The zero-order chi connectivity index (χ0) is 11.5. The predicted molar refractivity (Wildman–Crippen MR) is 56.2 cm³/mol. The van der Waals surface area contributed by atoms with E-state index in [-0.39, 0.29) is 0 Å². The molecule has 0 aliphatic carbocycles. The lowest BCUT2D eigenvalue weighted by molar-refractivity contribution is 0.229. The minimum absolute atomic E-state index is 0.431. The molecule has 0 spiro atoms. The Balaban J connectivity index is 2.11. The van der Waals surface area contributed by atoms with E-state index in [2.05, 4.69) is 10.2 Å². The Labute approximate surface area is 92.7 Å². The van der Waals surface area contributed by atoms with E-state index in [1.165, 1.54) is 6.07 Å². The zero-order valence-electron chi connectivity index (χ0n) is 8.84. The van der Waals surface area contributed by atoms with Gasteiger partial charge < -0.3 is 10.4 Å². The summed E-state index contributed by atoms with van der Waals surface area (Å²) in [5, 5.41) is 12.6. The fraction of sp³-hybridized carbons (Fsp3) is 0.455. The summed E-state index contributed by atoms with van der Waals surface area (Å²) in [5.41, 5.74) is 0.431. The first kappa shape index (κ1) is 11.3. The van der Waals surface area contributed by atoms with Gasteiger partial charge in [-0.25, -0.2) is 4.39 Å². The molecule has 0 amide bonds. The molecule has 1 aliphatic rings. The summed E-state index contributed by atoms with van der Waals surface area (Å²) in [7, 11) is 0. The Bertz CT molecular complexity index is 378. The number of benzene rings is 1. The molecule has 3 nitrogen and oxygen atoms in total. The minimum Gasteiger partial charge on any atom is -0.505 e. The fourth-order valence-corrected chi connectivity index (χ4v) is 1.82. The first-order valence-corrected chi connectivity index (χ1v) is 5.27. The van der Waals surface area contributed by atoms with Crippen LogP contribution in [0.2, 0.25) is 0 Å². The van der Waals surface area contributed by atoms with E-state index in [0.29, 0.717) is 12.1 Å². The van der Waals surface area contributed by atoms with E-state index in [0.717, 1.165) is 32.2 Å². The maximum absolute atomic E-state index is 13.1. The molecule has 5 heteroatoms. The van der Waals surface area contributed by atoms with E-state index >= 15 is 0 Å². The van der Waals surface area contributed by atoms with Crippen molar-refractivity contribution in [2.45, 2.75) is 6.54 Å². The van der Waals surface area contributed by atoms with Crippen LogP contribution < -0.4 is 5.32 Å². The Hall–Kier alpha value is -1.20. The van der Waals surface area contributed by atoms with Crippen LogP contribution in [0.1, 0.15) is 5.56 Å². The van der Waals surface area contributed by atoms with Gasteiger partial charge in [0.2, 0.25) is 5.82 Å². The van der Waals surface area contributed by atoms with Gasteiger partial charge in [0.05, 0.1) is 0 Å². The van der Waals surface area contributed by atoms with Crippen molar-refractivity contribution in [3.63, 3.8) is 0 Å². The lowest BCUT2D eigenvalue weighted by Gasteiger charge is -2.27. The lowest BCUT2D eigenvalue weighted by Crippen LogP contribution is -2.42. The smallest absolute Gasteiger partial charge is 0.200 e. The van der Waals surface area contributed by atoms with Crippen LogP contribution in [0.4, 0.5) is 8.78 Å². The molecular formula is C11H14F2N2O. The molecule has 1 fully saturated rings. The number of nitrogens with one attached hydrogen (secondary N) is 1. The maximum Gasteiger partial charge on any atom is 0.200 e. The number of rotatable bonds is 2. The van der Waals surface area contributed by atoms with Crippen LogP contribution in [-0.2, 0) is 6.54 Å². The highest BCUT2D eigenvalue weighted by Gasteiger charge is 2.16. The third-order valence-corrected chi connectivity index (χ3v) is 2.76. The Morgan fingerprint density at radius 3 is 2.62 bits per heavy atom. The van der Waals surface area contributed by atoms with Crippen LogP contribution in [0.15, 0.2) is 12.1 Å². The van der Waals surface area contributed by atoms with Crippen LogP contribution in [0.3, 0.4) is 0 Å². The monoisotopic (exact) mass is 228 g/mol. The second-order valence-electron chi connectivity index (χ2n) is 3.90. The molecule has 1 aromatic carbocycles. The highest BCUT2D eigenvalue weighted by atomic mass is 19.2. The summed E-state index contributed by atoms with van der Waals surface area (Å²) < 4.78 is 25.9. The number of piperazine rings is 1. The Kier molecular flexibility index (Phi) is 3.36. The third kappa shape index (κ3) is 2.31. The Morgan fingerprint density at radius 2 is 1.94 bits per heavy atom. The molecule has 0 unspecified atom stereocenters. The molecule has 0 saturated carbocycles. The van der Waals surface area contributed by atoms with Gasteiger partial charge in [-0.1, -0.05) is 6.07 Å². The normalized spacial score (nSPS) is 17.6. The topological polar surface area (TPSA) is 35.5 Å². The van der Waals surface area contributed by atoms with E-state index in [1.807, 2.05) is 0 Å². The molecule has 0 bridgehead atoms. The van der Waals surface area contributed by atoms with Crippen molar-refractivity contribution < 1.29 is 13.9 Å². The number of phenols is 1. The number of halogens is 2. The summed E-state index contributed by atoms with van der Waals surface area (Å²) in [6.07, 6.45) is 0. The van der Waals surface area contributed by atoms with Gasteiger partial charge in [0, 0.05) is 38.3 Å². The van der Waals surface area contributed by atoms with Gasteiger partial charge in [-0.05, 0) is 6.07 Å². The number of hydrogen-bond donors (Lipinski definition) is 2. The van der Waals surface area contributed by atoms with Crippen molar-refractivity contribution in [2.24, 2.45) is 0 Å².